The monoisotopic (exact) mass is 333 g/mol. The Morgan fingerprint density at radius 1 is 1.13 bits per heavy atom. The van der Waals surface area contributed by atoms with Crippen LogP contribution in [0.4, 0.5) is 0 Å². The molecule has 1 aromatic carbocycles. The van der Waals surface area contributed by atoms with E-state index in [2.05, 4.69) is 15.6 Å². The fraction of sp³-hybridized carbons (Fsp3) is 0.412. The lowest BCUT2D eigenvalue weighted by Crippen LogP contribution is -2.52. The third-order valence-corrected chi connectivity index (χ3v) is 4.53. The molecule has 1 aromatic heterocycles. The quantitative estimate of drug-likeness (QED) is 0.807. The van der Waals surface area contributed by atoms with Gasteiger partial charge < -0.3 is 15.6 Å². The van der Waals surface area contributed by atoms with Gasteiger partial charge in [-0.2, -0.15) is 0 Å². The summed E-state index contributed by atoms with van der Waals surface area (Å²) in [5, 5.41) is 7.54. The van der Waals surface area contributed by atoms with Crippen molar-refractivity contribution in [2.24, 2.45) is 0 Å². The smallest absolute Gasteiger partial charge is 0.268 e. The number of hydrogen-bond acceptors (Lipinski definition) is 2. The van der Waals surface area contributed by atoms with Crippen LogP contribution >= 0.6 is 11.6 Å². The average Bonchev–Trinajstić information content (AvgIpc) is 2.92. The molecule has 1 heterocycles. The molecule has 122 valence electrons. The molecular weight excluding hydrogens is 314 g/mol. The summed E-state index contributed by atoms with van der Waals surface area (Å²) in [4.78, 5) is 26.9. The number of nitrogens with one attached hydrogen (secondary N) is 3. The van der Waals surface area contributed by atoms with Crippen molar-refractivity contribution >= 4 is 34.3 Å². The van der Waals surface area contributed by atoms with Gasteiger partial charge in [-0.3, -0.25) is 9.59 Å². The summed E-state index contributed by atoms with van der Waals surface area (Å²) in [6.45, 7) is 1.51. The van der Waals surface area contributed by atoms with Crippen molar-refractivity contribution in [2.75, 3.05) is 0 Å². The molecule has 0 bridgehead atoms. The summed E-state index contributed by atoms with van der Waals surface area (Å²) in [7, 11) is 0. The molecule has 2 atom stereocenters. The minimum atomic E-state index is -0.153. The fourth-order valence-corrected chi connectivity index (χ4v) is 3.39. The van der Waals surface area contributed by atoms with Gasteiger partial charge in [0.25, 0.3) is 5.91 Å². The van der Waals surface area contributed by atoms with Crippen molar-refractivity contribution < 1.29 is 9.59 Å². The first-order valence-electron chi connectivity index (χ1n) is 7.89. The second-order valence-corrected chi connectivity index (χ2v) is 6.52. The average molecular weight is 334 g/mol. The molecular formula is C17H20ClN3O2. The Bertz CT molecular complexity index is 741. The van der Waals surface area contributed by atoms with E-state index in [1.807, 2.05) is 12.1 Å². The van der Waals surface area contributed by atoms with Crippen LogP contribution in [0, 0.1) is 0 Å². The van der Waals surface area contributed by atoms with Gasteiger partial charge >= 0.3 is 0 Å². The van der Waals surface area contributed by atoms with Gasteiger partial charge in [-0.25, -0.2) is 0 Å². The topological polar surface area (TPSA) is 74.0 Å². The number of aromatic nitrogens is 1. The summed E-state index contributed by atoms with van der Waals surface area (Å²) < 4.78 is 0. The number of carbonyl (C=O) groups excluding carboxylic acids is 2. The van der Waals surface area contributed by atoms with Crippen molar-refractivity contribution in [3.63, 3.8) is 0 Å². The highest BCUT2D eigenvalue weighted by molar-refractivity contribution is 6.31. The Balaban J connectivity index is 1.74. The number of amides is 2. The first-order valence-corrected chi connectivity index (χ1v) is 8.27. The van der Waals surface area contributed by atoms with Crippen molar-refractivity contribution in [1.82, 2.24) is 15.6 Å². The van der Waals surface area contributed by atoms with Crippen LogP contribution in [0.3, 0.4) is 0 Å². The zero-order valence-corrected chi connectivity index (χ0v) is 13.7. The molecule has 1 fully saturated rings. The summed E-state index contributed by atoms with van der Waals surface area (Å²) in [5.74, 6) is -0.212. The molecule has 1 saturated carbocycles. The predicted molar refractivity (Wildman–Crippen MR) is 90.6 cm³/mol. The lowest BCUT2D eigenvalue weighted by Gasteiger charge is -2.32. The maximum Gasteiger partial charge on any atom is 0.268 e. The lowest BCUT2D eigenvalue weighted by molar-refractivity contribution is -0.120. The van der Waals surface area contributed by atoms with Gasteiger partial charge in [-0.1, -0.05) is 24.4 Å². The second kappa shape index (κ2) is 6.62. The summed E-state index contributed by atoms with van der Waals surface area (Å²) in [6, 6.07) is 7.24. The van der Waals surface area contributed by atoms with Crippen LogP contribution in [-0.4, -0.2) is 28.9 Å². The number of H-pyrrole nitrogens is 1. The summed E-state index contributed by atoms with van der Waals surface area (Å²) in [6.07, 6.45) is 3.90. The number of aromatic amines is 1. The second-order valence-electron chi connectivity index (χ2n) is 6.09. The van der Waals surface area contributed by atoms with Gasteiger partial charge in [0.1, 0.15) is 5.69 Å². The van der Waals surface area contributed by atoms with E-state index in [1.165, 1.54) is 6.92 Å². The highest BCUT2D eigenvalue weighted by Crippen LogP contribution is 2.22. The maximum atomic E-state index is 12.5. The molecule has 3 rings (SSSR count). The number of carbonyl (C=O) groups is 2. The van der Waals surface area contributed by atoms with E-state index < -0.39 is 0 Å². The van der Waals surface area contributed by atoms with E-state index >= 15 is 0 Å². The van der Waals surface area contributed by atoms with E-state index in [0.29, 0.717) is 10.7 Å². The maximum absolute atomic E-state index is 12.5. The first kappa shape index (κ1) is 15.9. The van der Waals surface area contributed by atoms with Crippen LogP contribution < -0.4 is 10.6 Å². The molecule has 0 unspecified atom stereocenters. The molecule has 0 spiro atoms. The van der Waals surface area contributed by atoms with Gasteiger partial charge in [0.15, 0.2) is 0 Å². The third-order valence-electron chi connectivity index (χ3n) is 4.30. The zero-order valence-electron chi connectivity index (χ0n) is 13.0. The number of benzene rings is 1. The van der Waals surface area contributed by atoms with Crippen LogP contribution in [0.1, 0.15) is 43.1 Å². The van der Waals surface area contributed by atoms with Crippen LogP contribution in [0.2, 0.25) is 5.02 Å². The SMILES string of the molecule is CC(=O)N[C@@H]1CCCC[C@@H]1NC(=O)c1cc2cc(Cl)ccc2[nH]1. The van der Waals surface area contributed by atoms with Crippen molar-refractivity contribution in [2.45, 2.75) is 44.7 Å². The molecule has 0 saturated heterocycles. The molecule has 3 N–H and O–H groups in total. The van der Waals surface area contributed by atoms with E-state index in [4.69, 9.17) is 11.6 Å². The van der Waals surface area contributed by atoms with Crippen LogP contribution in [0.15, 0.2) is 24.3 Å². The molecule has 6 heteroatoms. The Labute approximate surface area is 139 Å². The van der Waals surface area contributed by atoms with E-state index in [-0.39, 0.29) is 23.9 Å². The molecule has 2 aromatic rings. The Hall–Kier alpha value is -2.01. The molecule has 1 aliphatic rings. The molecule has 2 amide bonds. The number of fused-ring (bicyclic) bond motifs is 1. The molecule has 23 heavy (non-hydrogen) atoms. The Morgan fingerprint density at radius 3 is 2.52 bits per heavy atom. The Morgan fingerprint density at radius 2 is 1.83 bits per heavy atom. The van der Waals surface area contributed by atoms with Gasteiger partial charge in [0.2, 0.25) is 5.91 Å². The van der Waals surface area contributed by atoms with Gasteiger partial charge in [-0.05, 0) is 37.1 Å². The first-order chi connectivity index (χ1) is 11.0. The van der Waals surface area contributed by atoms with E-state index in [9.17, 15) is 9.59 Å². The fourth-order valence-electron chi connectivity index (χ4n) is 3.21. The van der Waals surface area contributed by atoms with Crippen LogP contribution in [0.25, 0.3) is 10.9 Å². The molecule has 1 aliphatic carbocycles. The highest BCUT2D eigenvalue weighted by Gasteiger charge is 2.27. The highest BCUT2D eigenvalue weighted by atomic mass is 35.5. The summed E-state index contributed by atoms with van der Waals surface area (Å²) in [5.41, 5.74) is 1.39. The van der Waals surface area contributed by atoms with Gasteiger partial charge in [-0.15, -0.1) is 0 Å². The van der Waals surface area contributed by atoms with Crippen LogP contribution in [0.5, 0.6) is 0 Å². The molecule has 0 aliphatic heterocycles. The molecule has 0 radical (unpaired) electrons. The normalized spacial score (nSPS) is 21.1. The van der Waals surface area contributed by atoms with E-state index in [0.717, 1.165) is 36.6 Å². The zero-order chi connectivity index (χ0) is 16.4. The number of rotatable bonds is 3. The van der Waals surface area contributed by atoms with Gasteiger partial charge in [0.05, 0.1) is 0 Å². The number of halogens is 1. The standard InChI is InChI=1S/C17H20ClN3O2/c1-10(22)19-14-4-2-3-5-15(14)21-17(23)16-9-11-8-12(18)6-7-13(11)20-16/h6-9,14-15,20H,2-5H2,1H3,(H,19,22)(H,21,23)/t14-,15+/m1/s1. The predicted octanol–water partition coefficient (Wildman–Crippen LogP) is 3.00. The van der Waals surface area contributed by atoms with Crippen LogP contribution in [-0.2, 0) is 4.79 Å². The molecule has 5 nitrogen and oxygen atoms in total. The lowest BCUT2D eigenvalue weighted by atomic mass is 9.90. The largest absolute Gasteiger partial charge is 0.352 e. The van der Waals surface area contributed by atoms with Crippen molar-refractivity contribution in [3.8, 4) is 0 Å². The van der Waals surface area contributed by atoms with Crippen molar-refractivity contribution in [3.05, 3.63) is 35.0 Å². The van der Waals surface area contributed by atoms with Gasteiger partial charge in [0, 0.05) is 34.9 Å². The minimum absolute atomic E-state index is 0.00372. The van der Waals surface area contributed by atoms with Crippen molar-refractivity contribution in [1.29, 1.82) is 0 Å². The number of hydrogen-bond donors (Lipinski definition) is 3. The summed E-state index contributed by atoms with van der Waals surface area (Å²) >= 11 is 5.98. The Kier molecular flexibility index (Phi) is 4.57. The minimum Gasteiger partial charge on any atom is -0.352 e. The third kappa shape index (κ3) is 3.67. The van der Waals surface area contributed by atoms with E-state index in [1.54, 1.807) is 12.1 Å².